The number of nitrogens with zero attached hydrogens (tertiary/aromatic N) is 1. The first kappa shape index (κ1) is 16.2. The van der Waals surface area contributed by atoms with Crippen LogP contribution in [-0.4, -0.2) is 28.2 Å². The summed E-state index contributed by atoms with van der Waals surface area (Å²) < 4.78 is 6.50. The van der Waals surface area contributed by atoms with E-state index >= 15 is 0 Å². The molecule has 1 aliphatic rings. The largest absolute Gasteiger partial charge is 0.376 e. The van der Waals surface area contributed by atoms with Crippen LogP contribution in [0.25, 0.3) is 0 Å². The number of hydrogen-bond donors (Lipinski definition) is 2. The van der Waals surface area contributed by atoms with Gasteiger partial charge in [-0.2, -0.15) is 0 Å². The highest BCUT2D eigenvalue weighted by Gasteiger charge is 2.21. The van der Waals surface area contributed by atoms with Gasteiger partial charge in [-0.15, -0.1) is 0 Å². The van der Waals surface area contributed by atoms with Crippen LogP contribution in [0.4, 0.5) is 5.69 Å². The third kappa shape index (κ3) is 3.30. The summed E-state index contributed by atoms with van der Waals surface area (Å²) in [6, 6.07) is 7.27. The van der Waals surface area contributed by atoms with E-state index in [1.54, 1.807) is 12.1 Å². The number of aryl methyl sites for hydroxylation is 1. The molecule has 0 saturated carbocycles. The van der Waals surface area contributed by atoms with Crippen molar-refractivity contribution in [1.82, 2.24) is 9.55 Å². The number of aromatic amines is 1. The van der Waals surface area contributed by atoms with E-state index in [0.29, 0.717) is 12.3 Å². The molecule has 2 heterocycles. The van der Waals surface area contributed by atoms with Gasteiger partial charge in [0.05, 0.1) is 12.6 Å². The van der Waals surface area contributed by atoms with Gasteiger partial charge in [-0.1, -0.05) is 18.2 Å². The predicted octanol–water partition coefficient (Wildman–Crippen LogP) is 1.28. The Morgan fingerprint density at radius 3 is 2.88 bits per heavy atom. The number of rotatable bonds is 4. The molecule has 1 aromatic heterocycles. The summed E-state index contributed by atoms with van der Waals surface area (Å²) in [5.41, 5.74) is 0.257. The van der Waals surface area contributed by atoms with Crippen molar-refractivity contribution in [3.63, 3.8) is 0 Å². The normalized spacial score (nSPS) is 17.0. The second kappa shape index (κ2) is 6.84. The van der Waals surface area contributed by atoms with Gasteiger partial charge in [0, 0.05) is 18.5 Å². The van der Waals surface area contributed by atoms with Crippen LogP contribution in [0.5, 0.6) is 0 Å². The Morgan fingerprint density at radius 1 is 1.38 bits per heavy atom. The first-order valence-corrected chi connectivity index (χ1v) is 7.87. The molecule has 0 radical (unpaired) electrons. The van der Waals surface area contributed by atoms with E-state index in [2.05, 4.69) is 10.3 Å². The van der Waals surface area contributed by atoms with Crippen LogP contribution in [0, 0.1) is 6.92 Å². The first-order valence-electron chi connectivity index (χ1n) is 7.87. The number of carbonyl (C=O) groups excluding carboxylic acids is 1. The number of carbonyl (C=O) groups is 1. The average Bonchev–Trinajstić information content (AvgIpc) is 3.06. The van der Waals surface area contributed by atoms with E-state index in [1.807, 2.05) is 19.1 Å². The second-order valence-electron chi connectivity index (χ2n) is 5.83. The van der Waals surface area contributed by atoms with Gasteiger partial charge in [0.1, 0.15) is 5.56 Å². The molecule has 126 valence electrons. The molecule has 0 spiro atoms. The van der Waals surface area contributed by atoms with Crippen LogP contribution in [0.2, 0.25) is 0 Å². The van der Waals surface area contributed by atoms with Crippen LogP contribution < -0.4 is 16.6 Å². The Hall–Kier alpha value is -2.67. The van der Waals surface area contributed by atoms with Gasteiger partial charge in [0.25, 0.3) is 11.5 Å². The van der Waals surface area contributed by atoms with E-state index in [1.165, 1.54) is 0 Å². The Kier molecular flexibility index (Phi) is 4.61. The van der Waals surface area contributed by atoms with Crippen molar-refractivity contribution in [3.8, 4) is 0 Å². The molecule has 0 bridgehead atoms. The van der Waals surface area contributed by atoms with Crippen LogP contribution >= 0.6 is 0 Å². The third-order valence-corrected chi connectivity index (χ3v) is 4.11. The lowest BCUT2D eigenvalue weighted by Gasteiger charge is -2.12. The molecule has 1 atom stereocenters. The highest BCUT2D eigenvalue weighted by molar-refractivity contribution is 6.04. The highest BCUT2D eigenvalue weighted by Crippen LogP contribution is 2.14. The average molecular weight is 329 g/mol. The van der Waals surface area contributed by atoms with Crippen LogP contribution in [0.3, 0.4) is 0 Å². The summed E-state index contributed by atoms with van der Waals surface area (Å²) in [4.78, 5) is 39.3. The maximum Gasteiger partial charge on any atom is 0.328 e. The van der Waals surface area contributed by atoms with Crippen molar-refractivity contribution in [2.24, 2.45) is 0 Å². The van der Waals surface area contributed by atoms with Crippen molar-refractivity contribution >= 4 is 11.6 Å². The first-order chi connectivity index (χ1) is 11.6. The van der Waals surface area contributed by atoms with Gasteiger partial charge in [0.2, 0.25) is 0 Å². The molecule has 1 aliphatic heterocycles. The monoisotopic (exact) mass is 329 g/mol. The molecular weight excluding hydrogens is 310 g/mol. The number of nitrogens with one attached hydrogen (secondary N) is 2. The molecule has 1 saturated heterocycles. The molecule has 0 aliphatic carbocycles. The minimum absolute atomic E-state index is 0.101. The SMILES string of the molecule is Cc1ccccc1NC(=O)c1c[nH]c(=O)n(CC2CCCO2)c1=O. The summed E-state index contributed by atoms with van der Waals surface area (Å²) in [5.74, 6) is -0.549. The Bertz CT molecular complexity index is 863. The fraction of sp³-hybridized carbons (Fsp3) is 0.353. The third-order valence-electron chi connectivity index (χ3n) is 4.11. The Labute approximate surface area is 138 Å². The smallest absolute Gasteiger partial charge is 0.328 e. The lowest BCUT2D eigenvalue weighted by atomic mass is 10.2. The molecule has 7 heteroatoms. The molecule has 7 nitrogen and oxygen atoms in total. The fourth-order valence-electron chi connectivity index (χ4n) is 2.73. The van der Waals surface area contributed by atoms with E-state index in [0.717, 1.165) is 29.2 Å². The number of H-pyrrole nitrogens is 1. The van der Waals surface area contributed by atoms with Crippen molar-refractivity contribution < 1.29 is 9.53 Å². The fourth-order valence-corrected chi connectivity index (χ4v) is 2.73. The van der Waals surface area contributed by atoms with E-state index in [-0.39, 0.29) is 18.2 Å². The van der Waals surface area contributed by atoms with Gasteiger partial charge in [-0.25, -0.2) is 4.79 Å². The molecular formula is C17H19N3O4. The minimum Gasteiger partial charge on any atom is -0.376 e. The molecule has 2 aromatic rings. The number of aromatic nitrogens is 2. The van der Waals surface area contributed by atoms with Gasteiger partial charge >= 0.3 is 5.69 Å². The lowest BCUT2D eigenvalue weighted by Crippen LogP contribution is -2.41. The van der Waals surface area contributed by atoms with E-state index in [4.69, 9.17) is 4.74 Å². The van der Waals surface area contributed by atoms with Crippen molar-refractivity contribution in [2.75, 3.05) is 11.9 Å². The number of hydrogen-bond acceptors (Lipinski definition) is 4. The summed E-state index contributed by atoms with van der Waals surface area (Å²) in [6.07, 6.45) is 2.69. The number of benzene rings is 1. The summed E-state index contributed by atoms with van der Waals surface area (Å²) in [7, 11) is 0. The Morgan fingerprint density at radius 2 is 2.17 bits per heavy atom. The van der Waals surface area contributed by atoms with E-state index in [9.17, 15) is 14.4 Å². The van der Waals surface area contributed by atoms with Gasteiger partial charge in [-0.05, 0) is 31.4 Å². The molecule has 1 amide bonds. The zero-order valence-electron chi connectivity index (χ0n) is 13.4. The van der Waals surface area contributed by atoms with Crippen molar-refractivity contribution in [1.29, 1.82) is 0 Å². The summed E-state index contributed by atoms with van der Waals surface area (Å²) in [5, 5.41) is 2.70. The van der Waals surface area contributed by atoms with Crippen molar-refractivity contribution in [3.05, 3.63) is 62.4 Å². The van der Waals surface area contributed by atoms with Gasteiger partial charge < -0.3 is 15.0 Å². The zero-order chi connectivity index (χ0) is 17.1. The highest BCUT2D eigenvalue weighted by atomic mass is 16.5. The molecule has 1 fully saturated rings. The topological polar surface area (TPSA) is 93.2 Å². The zero-order valence-corrected chi connectivity index (χ0v) is 13.4. The quantitative estimate of drug-likeness (QED) is 0.883. The minimum atomic E-state index is -0.611. The van der Waals surface area contributed by atoms with Crippen LogP contribution in [-0.2, 0) is 11.3 Å². The van der Waals surface area contributed by atoms with Gasteiger partial charge in [-0.3, -0.25) is 14.2 Å². The molecule has 24 heavy (non-hydrogen) atoms. The predicted molar refractivity (Wildman–Crippen MR) is 89.4 cm³/mol. The van der Waals surface area contributed by atoms with Crippen LogP contribution in [0.15, 0.2) is 40.1 Å². The summed E-state index contributed by atoms with van der Waals surface area (Å²) in [6.45, 7) is 2.64. The maximum absolute atomic E-state index is 12.5. The van der Waals surface area contributed by atoms with Gasteiger partial charge in [0.15, 0.2) is 0 Å². The number of amides is 1. The Balaban J connectivity index is 1.88. The van der Waals surface area contributed by atoms with E-state index < -0.39 is 17.2 Å². The molecule has 1 aromatic carbocycles. The number of ether oxygens (including phenoxy) is 1. The standard InChI is InChI=1S/C17H19N3O4/c1-11-5-2-3-7-14(11)19-15(21)13-9-18-17(23)20(16(13)22)10-12-6-4-8-24-12/h2-3,5,7,9,12H,4,6,8,10H2,1H3,(H,18,23)(H,19,21). The second-order valence-corrected chi connectivity index (χ2v) is 5.83. The summed E-state index contributed by atoms with van der Waals surface area (Å²) >= 11 is 0. The van der Waals surface area contributed by atoms with Crippen LogP contribution in [0.1, 0.15) is 28.8 Å². The number of anilines is 1. The number of para-hydroxylation sites is 1. The maximum atomic E-state index is 12.5. The lowest BCUT2D eigenvalue weighted by molar-refractivity contribution is 0.0941. The molecule has 3 rings (SSSR count). The van der Waals surface area contributed by atoms with Crippen molar-refractivity contribution in [2.45, 2.75) is 32.4 Å². The molecule has 1 unspecified atom stereocenters. The molecule has 2 N–H and O–H groups in total.